The topological polar surface area (TPSA) is 34.1 Å². The maximum Gasteiger partial charge on any atom is 0.147 e. The van der Waals surface area contributed by atoms with E-state index in [0.29, 0.717) is 5.75 Å². The summed E-state index contributed by atoms with van der Waals surface area (Å²) in [7, 11) is -2.71. The Labute approximate surface area is 75.3 Å². The smallest absolute Gasteiger partial charge is 0.147 e. The molecule has 0 heterocycles. The van der Waals surface area contributed by atoms with Crippen molar-refractivity contribution in [2.24, 2.45) is 5.92 Å². The molecule has 3 heteroatoms. The van der Waals surface area contributed by atoms with Gasteiger partial charge in [0.15, 0.2) is 0 Å². The van der Waals surface area contributed by atoms with E-state index in [4.69, 9.17) is 0 Å². The van der Waals surface area contributed by atoms with E-state index in [1.807, 2.05) is 0 Å². The van der Waals surface area contributed by atoms with Gasteiger partial charge in [0.2, 0.25) is 0 Å². The van der Waals surface area contributed by atoms with E-state index in [2.05, 4.69) is 0 Å². The number of sulfone groups is 1. The van der Waals surface area contributed by atoms with Crippen molar-refractivity contribution < 1.29 is 8.42 Å². The van der Waals surface area contributed by atoms with Gasteiger partial charge >= 0.3 is 0 Å². The van der Waals surface area contributed by atoms with Crippen LogP contribution in [0.15, 0.2) is 0 Å². The second kappa shape index (κ2) is 4.26. The third-order valence-electron chi connectivity index (χ3n) is 2.60. The van der Waals surface area contributed by atoms with Crippen molar-refractivity contribution in [3.8, 4) is 0 Å². The van der Waals surface area contributed by atoms with Gasteiger partial charge in [0, 0.05) is 12.0 Å². The van der Waals surface area contributed by atoms with Gasteiger partial charge in [-0.1, -0.05) is 32.1 Å². The first-order valence-corrected chi connectivity index (χ1v) is 6.82. The fraction of sp³-hybridized carbons (Fsp3) is 1.00. The highest BCUT2D eigenvalue weighted by Crippen LogP contribution is 2.30. The summed E-state index contributed by atoms with van der Waals surface area (Å²) in [5.74, 6) is 1.30. The minimum absolute atomic E-state index is 0.375. The molecule has 1 fully saturated rings. The van der Waals surface area contributed by atoms with Crippen LogP contribution >= 0.6 is 0 Å². The molecule has 1 saturated carbocycles. The SMILES string of the molecule is CS(=O)(=O)CCCCC1CCC1. The van der Waals surface area contributed by atoms with E-state index in [-0.39, 0.29) is 0 Å². The Hall–Kier alpha value is -0.0500. The highest BCUT2D eigenvalue weighted by molar-refractivity contribution is 7.90. The summed E-state index contributed by atoms with van der Waals surface area (Å²) in [6, 6.07) is 0. The van der Waals surface area contributed by atoms with Crippen LogP contribution in [-0.4, -0.2) is 20.4 Å². The Morgan fingerprint density at radius 1 is 1.25 bits per heavy atom. The summed E-state index contributed by atoms with van der Waals surface area (Å²) >= 11 is 0. The largest absolute Gasteiger partial charge is 0.229 e. The zero-order chi connectivity index (χ0) is 9.03. The Morgan fingerprint density at radius 2 is 1.92 bits per heavy atom. The number of unbranched alkanes of at least 4 members (excludes halogenated alkanes) is 1. The molecule has 2 nitrogen and oxygen atoms in total. The van der Waals surface area contributed by atoms with Crippen molar-refractivity contribution in [3.05, 3.63) is 0 Å². The number of hydrogen-bond acceptors (Lipinski definition) is 2. The number of rotatable bonds is 5. The van der Waals surface area contributed by atoms with Crippen molar-refractivity contribution >= 4 is 9.84 Å². The van der Waals surface area contributed by atoms with Gasteiger partial charge in [-0.2, -0.15) is 0 Å². The molecule has 0 aliphatic heterocycles. The molecule has 1 rings (SSSR count). The number of hydrogen-bond donors (Lipinski definition) is 0. The predicted octanol–water partition coefficient (Wildman–Crippen LogP) is 2.00. The molecule has 0 aromatic rings. The van der Waals surface area contributed by atoms with Crippen molar-refractivity contribution in [1.82, 2.24) is 0 Å². The summed E-state index contributed by atoms with van der Waals surface area (Å²) in [5.41, 5.74) is 0. The average molecular weight is 190 g/mol. The standard InChI is InChI=1S/C9H18O2S/c1-12(10,11)8-3-2-5-9-6-4-7-9/h9H,2-8H2,1H3. The molecule has 0 aromatic heterocycles. The van der Waals surface area contributed by atoms with E-state index in [0.717, 1.165) is 18.8 Å². The quantitative estimate of drug-likeness (QED) is 0.621. The van der Waals surface area contributed by atoms with Gasteiger partial charge in [0.25, 0.3) is 0 Å². The second-order valence-corrected chi connectivity index (χ2v) is 6.18. The second-order valence-electron chi connectivity index (χ2n) is 3.92. The maximum absolute atomic E-state index is 10.8. The van der Waals surface area contributed by atoms with E-state index >= 15 is 0 Å². The molecule has 0 amide bonds. The van der Waals surface area contributed by atoms with Crippen LogP contribution in [0.1, 0.15) is 38.5 Å². The molecular formula is C9H18O2S. The zero-order valence-corrected chi connectivity index (χ0v) is 8.57. The Kier molecular flexibility index (Phi) is 3.56. The Morgan fingerprint density at radius 3 is 2.33 bits per heavy atom. The van der Waals surface area contributed by atoms with Crippen LogP contribution in [0.4, 0.5) is 0 Å². The average Bonchev–Trinajstić information content (AvgIpc) is 1.80. The summed E-state index contributed by atoms with van der Waals surface area (Å²) < 4.78 is 21.5. The van der Waals surface area contributed by atoms with E-state index < -0.39 is 9.84 Å². The predicted molar refractivity (Wildman–Crippen MR) is 50.9 cm³/mol. The highest BCUT2D eigenvalue weighted by Gasteiger charge is 2.16. The van der Waals surface area contributed by atoms with E-state index in [1.165, 1.54) is 31.9 Å². The van der Waals surface area contributed by atoms with Gasteiger partial charge in [-0.25, -0.2) is 8.42 Å². The minimum atomic E-state index is -2.71. The van der Waals surface area contributed by atoms with Crippen LogP contribution in [0, 0.1) is 5.92 Å². The van der Waals surface area contributed by atoms with Crippen LogP contribution in [0.2, 0.25) is 0 Å². The van der Waals surface area contributed by atoms with Crippen LogP contribution in [0.5, 0.6) is 0 Å². The molecule has 0 N–H and O–H groups in total. The van der Waals surface area contributed by atoms with E-state index in [9.17, 15) is 8.42 Å². The zero-order valence-electron chi connectivity index (χ0n) is 7.75. The van der Waals surface area contributed by atoms with E-state index in [1.54, 1.807) is 0 Å². The van der Waals surface area contributed by atoms with Gasteiger partial charge in [0.05, 0.1) is 0 Å². The van der Waals surface area contributed by atoms with Gasteiger partial charge in [-0.05, 0) is 12.3 Å². The lowest BCUT2D eigenvalue weighted by molar-refractivity contribution is 0.289. The third-order valence-corrected chi connectivity index (χ3v) is 3.63. The first-order chi connectivity index (χ1) is 5.58. The van der Waals surface area contributed by atoms with Crippen molar-refractivity contribution in [3.63, 3.8) is 0 Å². The molecule has 1 aliphatic rings. The molecule has 1 aliphatic carbocycles. The molecule has 72 valence electrons. The normalized spacial score (nSPS) is 19.1. The molecule has 0 spiro atoms. The van der Waals surface area contributed by atoms with Crippen molar-refractivity contribution in [2.75, 3.05) is 12.0 Å². The molecule has 0 unspecified atom stereocenters. The van der Waals surface area contributed by atoms with Gasteiger partial charge in [-0.15, -0.1) is 0 Å². The summed E-state index contributed by atoms with van der Waals surface area (Å²) in [6.45, 7) is 0. The molecule has 0 atom stereocenters. The molecule has 12 heavy (non-hydrogen) atoms. The van der Waals surface area contributed by atoms with Crippen molar-refractivity contribution in [2.45, 2.75) is 38.5 Å². The summed E-state index contributed by atoms with van der Waals surface area (Å²) in [6.07, 6.45) is 8.65. The Balaban J connectivity index is 1.95. The molecule has 0 bridgehead atoms. The minimum Gasteiger partial charge on any atom is -0.229 e. The van der Waals surface area contributed by atoms with Gasteiger partial charge in [-0.3, -0.25) is 0 Å². The fourth-order valence-corrected chi connectivity index (χ4v) is 2.31. The summed E-state index contributed by atoms with van der Waals surface area (Å²) in [4.78, 5) is 0. The lowest BCUT2D eigenvalue weighted by Gasteiger charge is -2.24. The molecule has 0 radical (unpaired) electrons. The van der Waals surface area contributed by atoms with Crippen LogP contribution in [0.3, 0.4) is 0 Å². The molecule has 0 saturated heterocycles. The highest BCUT2D eigenvalue weighted by atomic mass is 32.2. The monoisotopic (exact) mass is 190 g/mol. The van der Waals surface area contributed by atoms with Gasteiger partial charge in [0.1, 0.15) is 9.84 Å². The summed E-state index contributed by atoms with van der Waals surface area (Å²) in [5, 5.41) is 0. The van der Waals surface area contributed by atoms with Gasteiger partial charge < -0.3 is 0 Å². The first kappa shape index (κ1) is 10.0. The van der Waals surface area contributed by atoms with Crippen molar-refractivity contribution in [1.29, 1.82) is 0 Å². The molecule has 0 aromatic carbocycles. The first-order valence-electron chi connectivity index (χ1n) is 4.76. The lowest BCUT2D eigenvalue weighted by Crippen LogP contribution is -2.11. The Bertz CT molecular complexity index is 215. The van der Waals surface area contributed by atoms with Crippen LogP contribution in [0.25, 0.3) is 0 Å². The van der Waals surface area contributed by atoms with Crippen LogP contribution in [-0.2, 0) is 9.84 Å². The maximum atomic E-state index is 10.8. The molecular weight excluding hydrogens is 172 g/mol. The van der Waals surface area contributed by atoms with Crippen LogP contribution < -0.4 is 0 Å². The fourth-order valence-electron chi connectivity index (χ4n) is 1.58. The lowest BCUT2D eigenvalue weighted by atomic mass is 9.82. The third kappa shape index (κ3) is 4.10.